The Morgan fingerprint density at radius 1 is 1.44 bits per heavy atom. The first kappa shape index (κ1) is 11.1. The molecule has 88 valence electrons. The SMILES string of the molecule is O=[N+]([O-])c1ccc(CN2C[C@@H](O)[C@@H](O)C2)o1. The lowest BCUT2D eigenvalue weighted by atomic mass is 10.3. The number of rotatable bonds is 3. The molecule has 0 spiro atoms. The van der Waals surface area contributed by atoms with Crippen molar-refractivity contribution < 1.29 is 19.6 Å². The van der Waals surface area contributed by atoms with Gasteiger partial charge in [0.2, 0.25) is 0 Å². The Hall–Kier alpha value is -1.44. The third-order valence-corrected chi connectivity index (χ3v) is 2.54. The van der Waals surface area contributed by atoms with Gasteiger partial charge in [0.1, 0.15) is 10.7 Å². The zero-order valence-electron chi connectivity index (χ0n) is 8.44. The summed E-state index contributed by atoms with van der Waals surface area (Å²) >= 11 is 0. The van der Waals surface area contributed by atoms with Crippen LogP contribution in [0, 0.1) is 10.1 Å². The number of β-amino-alcohol motifs (C(OH)–C–C–N with tert-alkyl or cyclic N) is 2. The molecule has 1 aliphatic rings. The molecule has 0 radical (unpaired) electrons. The maximum atomic E-state index is 10.4. The summed E-state index contributed by atoms with van der Waals surface area (Å²) in [5, 5.41) is 29.0. The highest BCUT2D eigenvalue weighted by Gasteiger charge is 2.30. The third-order valence-electron chi connectivity index (χ3n) is 2.54. The monoisotopic (exact) mass is 228 g/mol. The van der Waals surface area contributed by atoms with Crippen LogP contribution in [0.4, 0.5) is 5.88 Å². The average molecular weight is 228 g/mol. The van der Waals surface area contributed by atoms with Gasteiger partial charge >= 0.3 is 5.88 Å². The Morgan fingerprint density at radius 3 is 2.56 bits per heavy atom. The van der Waals surface area contributed by atoms with Crippen LogP contribution >= 0.6 is 0 Å². The average Bonchev–Trinajstić information content (AvgIpc) is 2.76. The first-order valence-electron chi connectivity index (χ1n) is 4.88. The summed E-state index contributed by atoms with van der Waals surface area (Å²) in [5.74, 6) is 0.156. The van der Waals surface area contributed by atoms with E-state index in [9.17, 15) is 20.3 Å². The summed E-state index contributed by atoms with van der Waals surface area (Å²) in [6.07, 6.45) is -1.52. The minimum Gasteiger partial charge on any atom is -0.404 e. The Bertz CT molecular complexity index is 381. The fourth-order valence-corrected chi connectivity index (χ4v) is 1.75. The van der Waals surface area contributed by atoms with Crippen LogP contribution < -0.4 is 0 Å². The topological polar surface area (TPSA) is 100.0 Å². The third kappa shape index (κ3) is 2.21. The number of aliphatic hydroxyl groups is 2. The summed E-state index contributed by atoms with van der Waals surface area (Å²) in [5.41, 5.74) is 0. The molecule has 1 aromatic rings. The van der Waals surface area contributed by atoms with Crippen LogP contribution in [-0.2, 0) is 6.54 Å². The lowest BCUT2D eigenvalue weighted by Crippen LogP contribution is -2.22. The molecule has 0 bridgehead atoms. The van der Waals surface area contributed by atoms with E-state index in [-0.39, 0.29) is 5.88 Å². The van der Waals surface area contributed by atoms with E-state index in [2.05, 4.69) is 0 Å². The molecule has 1 fully saturated rings. The lowest BCUT2D eigenvalue weighted by Gasteiger charge is -2.11. The molecule has 7 heteroatoms. The number of furan rings is 1. The van der Waals surface area contributed by atoms with E-state index in [1.807, 2.05) is 0 Å². The summed E-state index contributed by atoms with van der Waals surface area (Å²) in [7, 11) is 0. The summed E-state index contributed by atoms with van der Waals surface area (Å²) < 4.78 is 4.97. The highest BCUT2D eigenvalue weighted by molar-refractivity contribution is 5.17. The minimum atomic E-state index is -0.759. The molecule has 0 aliphatic carbocycles. The van der Waals surface area contributed by atoms with Crippen LogP contribution in [0.2, 0.25) is 0 Å². The Kier molecular flexibility index (Phi) is 2.90. The predicted molar refractivity (Wildman–Crippen MR) is 52.7 cm³/mol. The van der Waals surface area contributed by atoms with Crippen molar-refractivity contribution in [3.63, 3.8) is 0 Å². The molecule has 2 heterocycles. The Labute approximate surface area is 91.0 Å². The first-order chi connectivity index (χ1) is 7.56. The highest BCUT2D eigenvalue weighted by atomic mass is 16.6. The highest BCUT2D eigenvalue weighted by Crippen LogP contribution is 2.19. The molecule has 0 saturated carbocycles. The predicted octanol–water partition coefficient (Wildman–Crippen LogP) is -0.275. The molecule has 2 N–H and O–H groups in total. The van der Waals surface area contributed by atoms with Gasteiger partial charge in [0.15, 0.2) is 0 Å². The van der Waals surface area contributed by atoms with Gasteiger partial charge in [0.05, 0.1) is 24.8 Å². The van der Waals surface area contributed by atoms with Gasteiger partial charge in [-0.25, -0.2) is 0 Å². The van der Waals surface area contributed by atoms with E-state index >= 15 is 0 Å². The number of nitrogens with zero attached hydrogens (tertiary/aromatic N) is 2. The van der Waals surface area contributed by atoms with Crippen LogP contribution in [0.1, 0.15) is 5.76 Å². The van der Waals surface area contributed by atoms with Gasteiger partial charge < -0.3 is 14.6 Å². The summed E-state index contributed by atoms with van der Waals surface area (Å²) in [6.45, 7) is 1.04. The van der Waals surface area contributed by atoms with Gasteiger partial charge in [-0.3, -0.25) is 15.0 Å². The molecular weight excluding hydrogens is 216 g/mol. The van der Waals surface area contributed by atoms with Crippen molar-refractivity contribution in [3.05, 3.63) is 28.0 Å². The molecule has 1 aromatic heterocycles. The normalized spacial score (nSPS) is 26.1. The standard InChI is InChI=1S/C9H12N2O5/c12-7-4-10(5-8(7)13)3-6-1-2-9(16-6)11(14)15/h1-2,7-8,12-13H,3-5H2/t7-,8+. The minimum absolute atomic E-state index is 0.296. The zero-order chi connectivity index (χ0) is 11.7. The van der Waals surface area contributed by atoms with Gasteiger partial charge in [-0.1, -0.05) is 0 Å². The lowest BCUT2D eigenvalue weighted by molar-refractivity contribution is -0.402. The van der Waals surface area contributed by atoms with Gasteiger partial charge in [-0.2, -0.15) is 0 Å². The molecule has 16 heavy (non-hydrogen) atoms. The van der Waals surface area contributed by atoms with Crippen LogP contribution in [-0.4, -0.2) is 45.3 Å². The number of hydrogen-bond acceptors (Lipinski definition) is 6. The first-order valence-corrected chi connectivity index (χ1v) is 4.88. The second-order valence-electron chi connectivity index (χ2n) is 3.83. The Balaban J connectivity index is 1.97. The molecule has 2 atom stereocenters. The molecule has 0 unspecified atom stereocenters. The molecule has 0 aromatic carbocycles. The van der Waals surface area contributed by atoms with Crippen molar-refractivity contribution in [1.82, 2.24) is 4.90 Å². The quantitative estimate of drug-likeness (QED) is 0.545. The van der Waals surface area contributed by atoms with E-state index < -0.39 is 17.1 Å². The molecule has 2 rings (SSSR count). The van der Waals surface area contributed by atoms with Crippen LogP contribution in [0.3, 0.4) is 0 Å². The van der Waals surface area contributed by atoms with Crippen LogP contribution in [0.25, 0.3) is 0 Å². The number of nitro groups is 1. The number of aliphatic hydroxyl groups excluding tert-OH is 2. The fourth-order valence-electron chi connectivity index (χ4n) is 1.75. The molecule has 1 saturated heterocycles. The van der Waals surface area contributed by atoms with Gasteiger partial charge in [0, 0.05) is 13.1 Å². The largest absolute Gasteiger partial charge is 0.433 e. The molecular formula is C9H12N2O5. The molecule has 1 aliphatic heterocycles. The Morgan fingerprint density at radius 2 is 2.06 bits per heavy atom. The van der Waals surface area contributed by atoms with Crippen molar-refractivity contribution in [1.29, 1.82) is 0 Å². The smallest absolute Gasteiger partial charge is 0.404 e. The van der Waals surface area contributed by atoms with E-state index in [4.69, 9.17) is 4.42 Å². The number of hydrogen-bond donors (Lipinski definition) is 2. The van der Waals surface area contributed by atoms with E-state index in [1.54, 1.807) is 4.90 Å². The van der Waals surface area contributed by atoms with E-state index in [0.717, 1.165) is 0 Å². The second kappa shape index (κ2) is 4.20. The van der Waals surface area contributed by atoms with Crippen LogP contribution in [0.15, 0.2) is 16.5 Å². The van der Waals surface area contributed by atoms with Crippen molar-refractivity contribution in [2.75, 3.05) is 13.1 Å². The summed E-state index contributed by atoms with van der Waals surface area (Å²) in [6, 6.07) is 2.81. The van der Waals surface area contributed by atoms with Crippen molar-refractivity contribution >= 4 is 5.88 Å². The van der Waals surface area contributed by atoms with Crippen molar-refractivity contribution in [2.24, 2.45) is 0 Å². The van der Waals surface area contributed by atoms with Gasteiger partial charge in [0.25, 0.3) is 0 Å². The maximum absolute atomic E-state index is 10.4. The van der Waals surface area contributed by atoms with Crippen LogP contribution in [0.5, 0.6) is 0 Å². The number of likely N-dealkylation sites (tertiary alicyclic amines) is 1. The molecule has 7 nitrogen and oxygen atoms in total. The van der Waals surface area contributed by atoms with Gasteiger partial charge in [-0.15, -0.1) is 0 Å². The van der Waals surface area contributed by atoms with E-state index in [1.165, 1.54) is 12.1 Å². The fraction of sp³-hybridized carbons (Fsp3) is 0.556. The van der Waals surface area contributed by atoms with Gasteiger partial charge in [-0.05, 0) is 6.07 Å². The van der Waals surface area contributed by atoms with E-state index in [0.29, 0.717) is 25.4 Å². The zero-order valence-corrected chi connectivity index (χ0v) is 8.44. The van der Waals surface area contributed by atoms with Crippen molar-refractivity contribution in [2.45, 2.75) is 18.8 Å². The maximum Gasteiger partial charge on any atom is 0.433 e. The molecule has 0 amide bonds. The second-order valence-corrected chi connectivity index (χ2v) is 3.83. The van der Waals surface area contributed by atoms with Crippen molar-refractivity contribution in [3.8, 4) is 0 Å². The summed E-state index contributed by atoms with van der Waals surface area (Å²) in [4.78, 5) is 11.5.